The van der Waals surface area contributed by atoms with E-state index in [1.54, 1.807) is 7.11 Å². The fourth-order valence-corrected chi connectivity index (χ4v) is 4.25. The van der Waals surface area contributed by atoms with Gasteiger partial charge in [-0.3, -0.25) is 4.99 Å². The summed E-state index contributed by atoms with van der Waals surface area (Å²) < 4.78 is 17.2. The first-order valence-electron chi connectivity index (χ1n) is 10.6. The van der Waals surface area contributed by atoms with Crippen molar-refractivity contribution in [2.45, 2.75) is 65.1 Å². The van der Waals surface area contributed by atoms with Crippen molar-refractivity contribution in [1.82, 2.24) is 10.2 Å². The van der Waals surface area contributed by atoms with E-state index in [1.165, 1.54) is 6.42 Å². The van der Waals surface area contributed by atoms with E-state index in [0.717, 1.165) is 71.1 Å². The summed E-state index contributed by atoms with van der Waals surface area (Å²) in [4.78, 5) is 6.89. The highest BCUT2D eigenvalue weighted by molar-refractivity contribution is 5.80. The summed E-state index contributed by atoms with van der Waals surface area (Å²) in [5.41, 5.74) is 0.175. The Morgan fingerprint density at radius 2 is 1.93 bits per heavy atom. The average Bonchev–Trinajstić information content (AvgIpc) is 2.66. The number of methoxy groups -OCH3 is 1. The van der Waals surface area contributed by atoms with Crippen molar-refractivity contribution < 1.29 is 14.2 Å². The van der Waals surface area contributed by atoms with E-state index in [9.17, 15) is 0 Å². The minimum atomic E-state index is 0.175. The molecular weight excluding hydrogens is 342 g/mol. The zero-order chi connectivity index (χ0) is 19.7. The third-order valence-corrected chi connectivity index (χ3v) is 5.62. The summed E-state index contributed by atoms with van der Waals surface area (Å²) in [5, 5.41) is 3.62. The Bertz CT molecular complexity index is 442. The first-order chi connectivity index (χ1) is 13.0. The molecule has 2 aliphatic rings. The van der Waals surface area contributed by atoms with E-state index in [-0.39, 0.29) is 5.41 Å². The zero-order valence-electron chi connectivity index (χ0n) is 18.1. The van der Waals surface area contributed by atoms with Crippen LogP contribution in [-0.4, -0.2) is 76.7 Å². The molecule has 0 saturated carbocycles. The number of rotatable bonds is 7. The smallest absolute Gasteiger partial charge is 0.193 e. The van der Waals surface area contributed by atoms with Crippen LogP contribution in [0.5, 0.6) is 0 Å². The van der Waals surface area contributed by atoms with Crippen LogP contribution in [0.15, 0.2) is 4.99 Å². The van der Waals surface area contributed by atoms with Gasteiger partial charge in [-0.15, -0.1) is 0 Å². The summed E-state index contributed by atoms with van der Waals surface area (Å²) >= 11 is 0. The molecule has 0 spiro atoms. The molecule has 0 radical (unpaired) electrons. The van der Waals surface area contributed by atoms with Gasteiger partial charge in [-0.05, 0) is 37.5 Å². The van der Waals surface area contributed by atoms with Crippen LogP contribution in [-0.2, 0) is 14.2 Å². The van der Waals surface area contributed by atoms with Gasteiger partial charge in [-0.1, -0.05) is 20.8 Å². The predicted octanol–water partition coefficient (Wildman–Crippen LogP) is 2.92. The number of piperidine rings is 1. The molecule has 2 fully saturated rings. The van der Waals surface area contributed by atoms with Crippen molar-refractivity contribution in [1.29, 1.82) is 0 Å². The maximum atomic E-state index is 6.12. The van der Waals surface area contributed by atoms with Gasteiger partial charge in [0.25, 0.3) is 0 Å². The van der Waals surface area contributed by atoms with Crippen molar-refractivity contribution in [3.8, 4) is 0 Å². The minimum absolute atomic E-state index is 0.175. The summed E-state index contributed by atoms with van der Waals surface area (Å²) in [5.74, 6) is 1.56. The minimum Gasteiger partial charge on any atom is -0.385 e. The van der Waals surface area contributed by atoms with E-state index in [0.29, 0.717) is 18.1 Å². The maximum Gasteiger partial charge on any atom is 0.193 e. The van der Waals surface area contributed by atoms with E-state index in [2.05, 4.69) is 36.0 Å². The number of hydrogen-bond donors (Lipinski definition) is 1. The van der Waals surface area contributed by atoms with Gasteiger partial charge >= 0.3 is 0 Å². The molecule has 2 unspecified atom stereocenters. The first kappa shape index (κ1) is 22.4. The standard InChI is InChI=1S/C21H41N3O3/c1-21(2,3)19-17(8-6-14-27-19)16-23-20(22-4)24-11-9-18(10-12-24)26-15-7-13-25-5/h17-19H,6-16H2,1-5H3,(H,22,23). The molecule has 6 nitrogen and oxygen atoms in total. The Balaban J connectivity index is 1.76. The van der Waals surface area contributed by atoms with Crippen LogP contribution in [0.1, 0.15) is 52.9 Å². The maximum absolute atomic E-state index is 6.12. The van der Waals surface area contributed by atoms with Crippen molar-refractivity contribution in [2.75, 3.05) is 53.6 Å². The molecule has 0 aromatic rings. The Kier molecular flexibility index (Phi) is 9.33. The van der Waals surface area contributed by atoms with E-state index in [4.69, 9.17) is 14.2 Å². The number of hydrogen-bond acceptors (Lipinski definition) is 4. The molecule has 0 bridgehead atoms. The normalized spacial score (nSPS) is 25.7. The predicted molar refractivity (Wildman–Crippen MR) is 110 cm³/mol. The lowest BCUT2D eigenvalue weighted by Crippen LogP contribution is -2.50. The number of nitrogens with zero attached hydrogens (tertiary/aromatic N) is 2. The largest absolute Gasteiger partial charge is 0.385 e. The van der Waals surface area contributed by atoms with Crippen molar-refractivity contribution in [3.05, 3.63) is 0 Å². The van der Waals surface area contributed by atoms with E-state index in [1.807, 2.05) is 7.05 Å². The molecule has 2 heterocycles. The summed E-state index contributed by atoms with van der Waals surface area (Å²) in [7, 11) is 3.62. The van der Waals surface area contributed by atoms with Gasteiger partial charge in [0.05, 0.1) is 12.2 Å². The average molecular weight is 384 g/mol. The SMILES string of the molecule is CN=C(NCC1CCCOC1C(C)(C)C)N1CCC(OCCCOC)CC1. The highest BCUT2D eigenvalue weighted by atomic mass is 16.5. The van der Waals surface area contributed by atoms with Gasteiger partial charge in [0.1, 0.15) is 0 Å². The number of ether oxygens (including phenoxy) is 3. The Morgan fingerprint density at radius 1 is 1.19 bits per heavy atom. The third-order valence-electron chi connectivity index (χ3n) is 5.62. The Labute approximate surface area is 166 Å². The number of aliphatic imine (C=N–C) groups is 1. The quantitative estimate of drug-likeness (QED) is 0.416. The Morgan fingerprint density at radius 3 is 2.56 bits per heavy atom. The van der Waals surface area contributed by atoms with Crippen LogP contribution in [0.25, 0.3) is 0 Å². The van der Waals surface area contributed by atoms with Crippen molar-refractivity contribution >= 4 is 5.96 Å². The van der Waals surface area contributed by atoms with Crippen LogP contribution in [0.2, 0.25) is 0 Å². The molecule has 6 heteroatoms. The molecule has 0 amide bonds. The third kappa shape index (κ3) is 7.24. The van der Waals surface area contributed by atoms with Crippen LogP contribution in [0, 0.1) is 11.3 Å². The number of guanidine groups is 1. The van der Waals surface area contributed by atoms with Crippen LogP contribution >= 0.6 is 0 Å². The molecule has 0 aliphatic carbocycles. The molecule has 27 heavy (non-hydrogen) atoms. The molecule has 0 aromatic heterocycles. The lowest BCUT2D eigenvalue weighted by atomic mass is 9.78. The van der Waals surface area contributed by atoms with Gasteiger partial charge < -0.3 is 24.4 Å². The molecule has 2 saturated heterocycles. The van der Waals surface area contributed by atoms with Gasteiger partial charge in [0.15, 0.2) is 5.96 Å². The van der Waals surface area contributed by atoms with Crippen LogP contribution < -0.4 is 5.32 Å². The second kappa shape index (κ2) is 11.2. The topological polar surface area (TPSA) is 55.3 Å². The molecular formula is C21H41N3O3. The van der Waals surface area contributed by atoms with Crippen LogP contribution in [0.3, 0.4) is 0 Å². The van der Waals surface area contributed by atoms with Gasteiger partial charge in [-0.2, -0.15) is 0 Å². The number of likely N-dealkylation sites (tertiary alicyclic amines) is 1. The monoisotopic (exact) mass is 383 g/mol. The lowest BCUT2D eigenvalue weighted by Gasteiger charge is -2.41. The summed E-state index contributed by atoms with van der Waals surface area (Å²) in [6, 6.07) is 0. The summed E-state index contributed by atoms with van der Waals surface area (Å²) in [6.07, 6.45) is 6.15. The van der Waals surface area contributed by atoms with E-state index >= 15 is 0 Å². The number of nitrogens with one attached hydrogen (secondary N) is 1. The molecule has 158 valence electrons. The Hall–Kier alpha value is -0.850. The first-order valence-corrected chi connectivity index (χ1v) is 10.6. The molecule has 2 atom stereocenters. The summed E-state index contributed by atoms with van der Waals surface area (Å²) in [6.45, 7) is 12.2. The van der Waals surface area contributed by atoms with Gasteiger partial charge in [-0.25, -0.2) is 0 Å². The van der Waals surface area contributed by atoms with Gasteiger partial charge in [0, 0.05) is 59.5 Å². The fraction of sp³-hybridized carbons (Fsp3) is 0.952. The zero-order valence-corrected chi connectivity index (χ0v) is 18.1. The van der Waals surface area contributed by atoms with Crippen LogP contribution in [0.4, 0.5) is 0 Å². The lowest BCUT2D eigenvalue weighted by molar-refractivity contribution is -0.0836. The molecule has 2 aliphatic heterocycles. The molecule has 0 aromatic carbocycles. The fourth-order valence-electron chi connectivity index (χ4n) is 4.25. The second-order valence-corrected chi connectivity index (χ2v) is 8.89. The second-order valence-electron chi connectivity index (χ2n) is 8.89. The van der Waals surface area contributed by atoms with Crippen molar-refractivity contribution in [3.63, 3.8) is 0 Å². The molecule has 2 rings (SSSR count). The van der Waals surface area contributed by atoms with E-state index < -0.39 is 0 Å². The highest BCUT2D eigenvalue weighted by Crippen LogP contribution is 2.33. The molecule has 1 N–H and O–H groups in total. The van der Waals surface area contributed by atoms with Gasteiger partial charge in [0.2, 0.25) is 0 Å². The van der Waals surface area contributed by atoms with Crippen molar-refractivity contribution in [2.24, 2.45) is 16.3 Å². The highest BCUT2D eigenvalue weighted by Gasteiger charge is 2.35.